The topological polar surface area (TPSA) is 25.8 Å². The van der Waals surface area contributed by atoms with Crippen molar-refractivity contribution in [3.05, 3.63) is 23.8 Å². The minimum absolute atomic E-state index is 0.913. The van der Waals surface area contributed by atoms with Gasteiger partial charge >= 0.3 is 0 Å². The number of nitrogens with zero attached hydrogens (tertiary/aromatic N) is 2. The minimum atomic E-state index is 0.913. The third kappa shape index (κ3) is 12.7. The van der Waals surface area contributed by atoms with Crippen molar-refractivity contribution in [2.45, 2.75) is 174 Å². The molecule has 0 radical (unpaired) electrons. The van der Waals surface area contributed by atoms with Gasteiger partial charge in [0.1, 0.15) is 5.82 Å². The first kappa shape index (κ1) is 30.6. The average Bonchev–Trinajstić information content (AvgIpc) is 2.94. The molecule has 1 aromatic rings. The largest absolute Gasteiger partial charge is 0.241 e. The van der Waals surface area contributed by atoms with Gasteiger partial charge in [0.15, 0.2) is 0 Å². The van der Waals surface area contributed by atoms with E-state index in [9.17, 15) is 0 Å². The van der Waals surface area contributed by atoms with Crippen molar-refractivity contribution in [3.8, 4) is 0 Å². The van der Waals surface area contributed by atoms with Gasteiger partial charge in [-0.05, 0) is 74.2 Å². The Morgan fingerprint density at radius 2 is 0.973 bits per heavy atom. The van der Waals surface area contributed by atoms with E-state index in [2.05, 4.69) is 26.2 Å². The van der Waals surface area contributed by atoms with Crippen molar-refractivity contribution in [2.24, 2.45) is 23.7 Å². The second-order valence-electron chi connectivity index (χ2n) is 13.0. The van der Waals surface area contributed by atoms with E-state index in [1.807, 2.05) is 0 Å². The summed E-state index contributed by atoms with van der Waals surface area (Å²) in [4.78, 5) is 9.48. The van der Waals surface area contributed by atoms with Crippen molar-refractivity contribution in [1.29, 1.82) is 0 Å². The van der Waals surface area contributed by atoms with Gasteiger partial charge in [-0.2, -0.15) is 0 Å². The molecule has 3 rings (SSSR count). The fourth-order valence-electron chi connectivity index (χ4n) is 7.37. The number of rotatable bonds is 19. The van der Waals surface area contributed by atoms with Crippen LogP contribution in [0, 0.1) is 23.7 Å². The Morgan fingerprint density at radius 3 is 1.51 bits per heavy atom. The zero-order valence-electron chi connectivity index (χ0n) is 25.0. The van der Waals surface area contributed by atoms with Crippen LogP contribution in [0.2, 0.25) is 0 Å². The highest BCUT2D eigenvalue weighted by molar-refractivity contribution is 5.05. The molecule has 0 spiro atoms. The number of hydrogen-bond acceptors (Lipinski definition) is 2. The molecule has 1 aromatic heterocycles. The van der Waals surface area contributed by atoms with Crippen LogP contribution in [0.15, 0.2) is 12.4 Å². The molecule has 212 valence electrons. The van der Waals surface area contributed by atoms with Crippen LogP contribution in [-0.2, 0) is 12.8 Å². The number of hydrogen-bond donors (Lipinski definition) is 0. The standard InChI is InChI=1S/C35H62N2/c1-3-5-7-8-9-10-11-12-13-15-17-32-28-36-35(37-29-32)27-22-31-20-25-34(26-21-31)33-23-18-30(19-24-33)16-14-6-4-2/h28-31,33-34H,3-27H2,1-2H3. The van der Waals surface area contributed by atoms with E-state index in [1.165, 1.54) is 153 Å². The summed E-state index contributed by atoms with van der Waals surface area (Å²) in [5.41, 5.74) is 1.34. The molecule has 0 atom stereocenters. The number of unbranched alkanes of at least 4 members (excludes halogenated alkanes) is 11. The highest BCUT2D eigenvalue weighted by atomic mass is 14.9. The van der Waals surface area contributed by atoms with Crippen LogP contribution < -0.4 is 0 Å². The van der Waals surface area contributed by atoms with Gasteiger partial charge in [-0.25, -0.2) is 9.97 Å². The molecule has 0 N–H and O–H groups in total. The highest BCUT2D eigenvalue weighted by Gasteiger charge is 2.30. The van der Waals surface area contributed by atoms with Gasteiger partial charge in [0.05, 0.1) is 0 Å². The summed E-state index contributed by atoms with van der Waals surface area (Å²) in [6, 6.07) is 0. The fourth-order valence-corrected chi connectivity index (χ4v) is 7.37. The fraction of sp³-hybridized carbons (Fsp3) is 0.886. The molecule has 2 aliphatic carbocycles. The van der Waals surface area contributed by atoms with Crippen molar-refractivity contribution >= 4 is 0 Å². The molecule has 0 bridgehead atoms. The summed E-state index contributed by atoms with van der Waals surface area (Å²) in [5.74, 6) is 5.14. The van der Waals surface area contributed by atoms with Crippen molar-refractivity contribution in [2.75, 3.05) is 0 Å². The molecule has 0 saturated heterocycles. The predicted molar refractivity (Wildman–Crippen MR) is 161 cm³/mol. The zero-order valence-corrected chi connectivity index (χ0v) is 25.0. The van der Waals surface area contributed by atoms with Crippen LogP contribution in [0.1, 0.15) is 173 Å². The third-order valence-corrected chi connectivity index (χ3v) is 10.0. The van der Waals surface area contributed by atoms with Crippen molar-refractivity contribution in [3.63, 3.8) is 0 Å². The third-order valence-electron chi connectivity index (χ3n) is 10.0. The van der Waals surface area contributed by atoms with E-state index in [-0.39, 0.29) is 0 Å². The van der Waals surface area contributed by atoms with Gasteiger partial charge in [-0.1, -0.05) is 123 Å². The van der Waals surface area contributed by atoms with Gasteiger partial charge in [-0.3, -0.25) is 0 Å². The smallest absolute Gasteiger partial charge is 0.128 e. The Morgan fingerprint density at radius 1 is 0.514 bits per heavy atom. The van der Waals surface area contributed by atoms with Crippen LogP contribution in [0.25, 0.3) is 0 Å². The van der Waals surface area contributed by atoms with Gasteiger partial charge in [0, 0.05) is 18.8 Å². The first-order chi connectivity index (χ1) is 18.3. The second-order valence-corrected chi connectivity index (χ2v) is 13.0. The molecular formula is C35H62N2. The molecule has 2 nitrogen and oxygen atoms in total. The lowest BCUT2D eigenvalue weighted by Crippen LogP contribution is -2.26. The lowest BCUT2D eigenvalue weighted by Gasteiger charge is -2.38. The summed E-state index contributed by atoms with van der Waals surface area (Å²) in [7, 11) is 0. The monoisotopic (exact) mass is 510 g/mol. The summed E-state index contributed by atoms with van der Waals surface area (Å²) < 4.78 is 0. The molecule has 2 fully saturated rings. The normalized spacial score (nSPS) is 24.4. The Kier molecular flexibility index (Phi) is 15.9. The number of aromatic nitrogens is 2. The predicted octanol–water partition coefficient (Wildman–Crippen LogP) is 11.1. The Labute approximate surface area is 231 Å². The molecule has 0 amide bonds. The first-order valence-corrected chi connectivity index (χ1v) is 17.1. The lowest BCUT2D eigenvalue weighted by molar-refractivity contribution is 0.140. The maximum atomic E-state index is 4.74. The van der Waals surface area contributed by atoms with Gasteiger partial charge in [0.25, 0.3) is 0 Å². The maximum Gasteiger partial charge on any atom is 0.128 e. The molecule has 0 aromatic carbocycles. The van der Waals surface area contributed by atoms with E-state index in [1.54, 1.807) is 0 Å². The lowest BCUT2D eigenvalue weighted by atomic mass is 9.68. The van der Waals surface area contributed by atoms with Crippen LogP contribution in [0.5, 0.6) is 0 Å². The second kappa shape index (κ2) is 19.2. The van der Waals surface area contributed by atoms with Crippen molar-refractivity contribution in [1.82, 2.24) is 9.97 Å². The van der Waals surface area contributed by atoms with Crippen LogP contribution in [0.4, 0.5) is 0 Å². The van der Waals surface area contributed by atoms with Crippen LogP contribution in [-0.4, -0.2) is 9.97 Å². The van der Waals surface area contributed by atoms with E-state index in [0.717, 1.165) is 42.3 Å². The van der Waals surface area contributed by atoms with E-state index in [4.69, 9.17) is 9.97 Å². The minimum Gasteiger partial charge on any atom is -0.241 e. The Hall–Kier alpha value is -0.920. The van der Waals surface area contributed by atoms with Gasteiger partial charge in [0.2, 0.25) is 0 Å². The van der Waals surface area contributed by atoms with E-state index >= 15 is 0 Å². The van der Waals surface area contributed by atoms with Crippen molar-refractivity contribution < 1.29 is 0 Å². The number of aryl methyl sites for hydroxylation is 2. The SMILES string of the molecule is CCCCCCCCCCCCc1cnc(CCC2CCC(C3CCC(CCCCC)CC3)CC2)nc1. The zero-order chi connectivity index (χ0) is 26.0. The molecule has 37 heavy (non-hydrogen) atoms. The maximum absolute atomic E-state index is 4.74. The molecule has 2 aliphatic rings. The summed E-state index contributed by atoms with van der Waals surface area (Å²) in [6.45, 7) is 4.63. The Bertz CT molecular complexity index is 652. The Balaban J connectivity index is 1.20. The molecule has 0 unspecified atom stereocenters. The van der Waals surface area contributed by atoms with Gasteiger partial charge < -0.3 is 0 Å². The highest BCUT2D eigenvalue weighted by Crippen LogP contribution is 2.43. The van der Waals surface area contributed by atoms with E-state index in [0.29, 0.717) is 0 Å². The molecular weight excluding hydrogens is 448 g/mol. The summed E-state index contributed by atoms with van der Waals surface area (Å²) in [6.07, 6.45) is 39.6. The van der Waals surface area contributed by atoms with Gasteiger partial charge in [-0.15, -0.1) is 0 Å². The summed E-state index contributed by atoms with van der Waals surface area (Å²) >= 11 is 0. The average molecular weight is 511 g/mol. The molecule has 1 heterocycles. The molecule has 2 saturated carbocycles. The molecule has 0 aliphatic heterocycles. The van der Waals surface area contributed by atoms with Crippen LogP contribution in [0.3, 0.4) is 0 Å². The molecule has 2 heteroatoms. The van der Waals surface area contributed by atoms with E-state index < -0.39 is 0 Å². The summed E-state index contributed by atoms with van der Waals surface area (Å²) in [5, 5.41) is 0. The van der Waals surface area contributed by atoms with Crippen LogP contribution >= 0.6 is 0 Å². The first-order valence-electron chi connectivity index (χ1n) is 17.1. The quantitative estimate of drug-likeness (QED) is 0.173.